The minimum absolute atomic E-state index is 0.0937. The molecule has 0 unspecified atom stereocenters. The van der Waals surface area contributed by atoms with Crippen molar-refractivity contribution in [2.24, 2.45) is 0 Å². The number of rotatable bonds is 6. The SMILES string of the molecule is O=C(CSc1ccc(-c2nc(C3CC3)no2)cn1)Nc1ccc(Cl)cc1F. The van der Waals surface area contributed by atoms with Crippen LogP contribution < -0.4 is 5.32 Å². The van der Waals surface area contributed by atoms with Crippen molar-refractivity contribution in [1.82, 2.24) is 15.1 Å². The van der Waals surface area contributed by atoms with E-state index in [1.54, 1.807) is 12.3 Å². The lowest BCUT2D eigenvalue weighted by Gasteiger charge is -2.06. The highest BCUT2D eigenvalue weighted by Gasteiger charge is 2.29. The van der Waals surface area contributed by atoms with Crippen LogP contribution in [0, 0.1) is 5.82 Å². The number of nitrogens with zero attached hydrogens (tertiary/aromatic N) is 3. The largest absolute Gasteiger partial charge is 0.334 e. The van der Waals surface area contributed by atoms with Crippen LogP contribution >= 0.6 is 23.4 Å². The molecule has 6 nitrogen and oxygen atoms in total. The Hall–Kier alpha value is -2.45. The Morgan fingerprint density at radius 2 is 2.19 bits per heavy atom. The second-order valence-electron chi connectivity index (χ2n) is 6.08. The molecule has 2 heterocycles. The van der Waals surface area contributed by atoms with E-state index in [4.69, 9.17) is 16.1 Å². The lowest BCUT2D eigenvalue weighted by molar-refractivity contribution is -0.113. The highest BCUT2D eigenvalue weighted by atomic mass is 35.5. The van der Waals surface area contributed by atoms with E-state index >= 15 is 0 Å². The number of halogens is 2. The van der Waals surface area contributed by atoms with E-state index < -0.39 is 5.82 Å². The second kappa shape index (κ2) is 7.66. The standard InChI is InChI=1S/C18H14ClFN4O2S/c19-12-4-5-14(13(20)7-12)22-15(25)9-27-16-6-3-11(8-21-16)18-23-17(24-26-18)10-1-2-10/h3-8,10H,1-2,9H2,(H,22,25). The number of hydrogen-bond acceptors (Lipinski definition) is 6. The van der Waals surface area contributed by atoms with Crippen LogP contribution in [0.1, 0.15) is 24.6 Å². The lowest BCUT2D eigenvalue weighted by Crippen LogP contribution is -2.15. The number of amides is 1. The van der Waals surface area contributed by atoms with Gasteiger partial charge in [0.1, 0.15) is 5.82 Å². The number of benzene rings is 1. The van der Waals surface area contributed by atoms with Crippen LogP contribution in [0.3, 0.4) is 0 Å². The molecule has 0 saturated heterocycles. The molecule has 0 bridgehead atoms. The molecule has 2 aromatic heterocycles. The van der Waals surface area contributed by atoms with Gasteiger partial charge in [-0.25, -0.2) is 9.37 Å². The van der Waals surface area contributed by atoms with Crippen LogP contribution in [0.15, 0.2) is 46.1 Å². The van der Waals surface area contributed by atoms with Crippen LogP contribution in [0.2, 0.25) is 5.02 Å². The van der Waals surface area contributed by atoms with Gasteiger partial charge in [0.25, 0.3) is 5.89 Å². The molecule has 0 spiro atoms. The summed E-state index contributed by atoms with van der Waals surface area (Å²) < 4.78 is 19.0. The molecule has 138 valence electrons. The molecule has 1 amide bonds. The Balaban J connectivity index is 1.33. The topological polar surface area (TPSA) is 80.9 Å². The summed E-state index contributed by atoms with van der Waals surface area (Å²) in [4.78, 5) is 20.7. The van der Waals surface area contributed by atoms with Gasteiger partial charge in [0, 0.05) is 17.1 Å². The third-order valence-corrected chi connectivity index (χ3v) is 5.10. The number of pyridine rings is 1. The Morgan fingerprint density at radius 1 is 1.33 bits per heavy atom. The van der Waals surface area contributed by atoms with Crippen LogP contribution in [0.5, 0.6) is 0 Å². The predicted octanol–water partition coefficient (Wildman–Crippen LogP) is 4.53. The first kappa shape index (κ1) is 17.9. The zero-order valence-corrected chi connectivity index (χ0v) is 15.6. The van der Waals surface area contributed by atoms with Gasteiger partial charge in [-0.05, 0) is 43.2 Å². The Bertz CT molecular complexity index is 976. The number of thioether (sulfide) groups is 1. The molecular weight excluding hydrogens is 391 g/mol. The van der Waals surface area contributed by atoms with Crippen molar-refractivity contribution < 1.29 is 13.7 Å². The van der Waals surface area contributed by atoms with Gasteiger partial charge >= 0.3 is 0 Å². The van der Waals surface area contributed by atoms with Gasteiger partial charge < -0.3 is 9.84 Å². The third kappa shape index (κ3) is 4.45. The van der Waals surface area contributed by atoms with E-state index in [2.05, 4.69) is 20.4 Å². The highest BCUT2D eigenvalue weighted by molar-refractivity contribution is 7.99. The number of nitrogens with one attached hydrogen (secondary N) is 1. The molecule has 0 radical (unpaired) electrons. The fraction of sp³-hybridized carbons (Fsp3) is 0.222. The van der Waals surface area contributed by atoms with Crippen molar-refractivity contribution in [3.05, 3.63) is 53.2 Å². The summed E-state index contributed by atoms with van der Waals surface area (Å²) in [7, 11) is 0. The normalized spacial score (nSPS) is 13.6. The summed E-state index contributed by atoms with van der Waals surface area (Å²) in [5.74, 6) is 0.799. The third-order valence-electron chi connectivity index (χ3n) is 3.92. The summed E-state index contributed by atoms with van der Waals surface area (Å²) in [5.41, 5.74) is 0.822. The van der Waals surface area contributed by atoms with Crippen LogP contribution in [-0.2, 0) is 4.79 Å². The summed E-state index contributed by atoms with van der Waals surface area (Å²) >= 11 is 6.93. The first-order valence-electron chi connectivity index (χ1n) is 8.26. The number of anilines is 1. The van der Waals surface area contributed by atoms with Gasteiger partial charge in [-0.15, -0.1) is 0 Å². The summed E-state index contributed by atoms with van der Waals surface area (Å²) in [5, 5.41) is 7.42. The highest BCUT2D eigenvalue weighted by Crippen LogP contribution is 2.38. The number of hydrogen-bond donors (Lipinski definition) is 1. The number of aromatic nitrogens is 3. The first-order chi connectivity index (χ1) is 13.1. The molecule has 1 aliphatic carbocycles. The van der Waals surface area contributed by atoms with Crippen molar-refractivity contribution in [1.29, 1.82) is 0 Å². The van der Waals surface area contributed by atoms with Crippen molar-refractivity contribution >= 4 is 35.0 Å². The summed E-state index contributed by atoms with van der Waals surface area (Å²) in [6.45, 7) is 0. The van der Waals surface area contributed by atoms with Gasteiger partial charge in [0.15, 0.2) is 5.82 Å². The van der Waals surface area contributed by atoms with Crippen LogP contribution in [0.4, 0.5) is 10.1 Å². The summed E-state index contributed by atoms with van der Waals surface area (Å²) in [6, 6.07) is 7.68. The quantitative estimate of drug-likeness (QED) is 0.608. The minimum Gasteiger partial charge on any atom is -0.334 e. The monoisotopic (exact) mass is 404 g/mol. The molecule has 4 rings (SSSR count). The maximum absolute atomic E-state index is 13.7. The van der Waals surface area contributed by atoms with Crippen molar-refractivity contribution in [3.8, 4) is 11.5 Å². The van der Waals surface area contributed by atoms with Gasteiger partial charge in [0.05, 0.1) is 22.0 Å². The number of carbonyl (C=O) groups excluding carboxylic acids is 1. The lowest BCUT2D eigenvalue weighted by atomic mass is 10.3. The Morgan fingerprint density at radius 3 is 2.89 bits per heavy atom. The van der Waals surface area contributed by atoms with E-state index in [1.807, 2.05) is 6.07 Å². The Labute approximate surface area is 163 Å². The zero-order valence-electron chi connectivity index (χ0n) is 14.0. The first-order valence-corrected chi connectivity index (χ1v) is 9.62. The molecule has 27 heavy (non-hydrogen) atoms. The van der Waals surface area contributed by atoms with E-state index in [0.29, 0.717) is 16.8 Å². The zero-order chi connectivity index (χ0) is 18.8. The maximum Gasteiger partial charge on any atom is 0.259 e. The van der Waals surface area contributed by atoms with E-state index in [9.17, 15) is 9.18 Å². The molecule has 0 aliphatic heterocycles. The van der Waals surface area contributed by atoms with Crippen molar-refractivity contribution in [2.75, 3.05) is 11.1 Å². The Kier molecular flexibility index (Phi) is 5.09. The smallest absolute Gasteiger partial charge is 0.259 e. The molecule has 1 N–H and O–H groups in total. The molecule has 0 atom stereocenters. The maximum atomic E-state index is 13.7. The average molecular weight is 405 g/mol. The fourth-order valence-corrected chi connectivity index (χ4v) is 3.17. The van der Waals surface area contributed by atoms with Gasteiger partial charge in [-0.1, -0.05) is 28.5 Å². The minimum atomic E-state index is -0.576. The van der Waals surface area contributed by atoms with E-state index in [-0.39, 0.29) is 22.4 Å². The molecule has 1 aliphatic rings. The second-order valence-corrected chi connectivity index (χ2v) is 7.51. The molecule has 9 heteroatoms. The molecule has 1 saturated carbocycles. The van der Waals surface area contributed by atoms with Gasteiger partial charge in [-0.3, -0.25) is 4.79 Å². The van der Waals surface area contributed by atoms with Gasteiger partial charge in [-0.2, -0.15) is 4.98 Å². The van der Waals surface area contributed by atoms with E-state index in [1.165, 1.54) is 23.9 Å². The van der Waals surface area contributed by atoms with E-state index in [0.717, 1.165) is 30.3 Å². The summed E-state index contributed by atoms with van der Waals surface area (Å²) in [6.07, 6.45) is 3.84. The van der Waals surface area contributed by atoms with Gasteiger partial charge in [0.2, 0.25) is 5.91 Å². The van der Waals surface area contributed by atoms with Crippen molar-refractivity contribution in [3.63, 3.8) is 0 Å². The average Bonchev–Trinajstić information content (AvgIpc) is 3.40. The predicted molar refractivity (Wildman–Crippen MR) is 100 cm³/mol. The molecule has 1 aromatic carbocycles. The van der Waals surface area contributed by atoms with Crippen LogP contribution in [0.25, 0.3) is 11.5 Å². The molecular formula is C18H14ClFN4O2S. The van der Waals surface area contributed by atoms with Crippen molar-refractivity contribution in [2.45, 2.75) is 23.8 Å². The number of carbonyl (C=O) groups is 1. The molecule has 1 fully saturated rings. The molecule has 3 aromatic rings. The van der Waals surface area contributed by atoms with Crippen LogP contribution in [-0.4, -0.2) is 26.8 Å². The fourth-order valence-electron chi connectivity index (χ4n) is 2.37.